The second-order valence-electron chi connectivity index (χ2n) is 6.97. The third kappa shape index (κ3) is 3.97. The van der Waals surface area contributed by atoms with Gasteiger partial charge in [0.25, 0.3) is 17.5 Å². The summed E-state index contributed by atoms with van der Waals surface area (Å²) in [5, 5.41) is 10.7. The molecule has 2 amide bonds. The molecule has 0 spiro atoms. The van der Waals surface area contributed by atoms with Crippen molar-refractivity contribution in [2.45, 2.75) is 19.8 Å². The molecule has 0 saturated carbocycles. The minimum atomic E-state index is -0.436. The standard InChI is InChI=1S/C23H18N2O5/c26-22-20-3-1-2-4-21(20)23(27)24(22)13-16-5-7-17(8-6-16)14-30-15-18-9-11-19(12-10-18)25(28)29/h1-12H,13-15H2. The molecule has 3 aromatic rings. The second kappa shape index (κ2) is 8.26. The molecule has 7 heteroatoms. The number of hydrogen-bond donors (Lipinski definition) is 0. The van der Waals surface area contributed by atoms with Crippen molar-refractivity contribution in [3.05, 3.63) is 111 Å². The molecule has 150 valence electrons. The molecule has 0 unspecified atom stereocenters. The summed E-state index contributed by atoms with van der Waals surface area (Å²) in [5.74, 6) is -0.544. The van der Waals surface area contributed by atoms with Crippen LogP contribution >= 0.6 is 0 Å². The number of carbonyl (C=O) groups is 2. The molecule has 0 aromatic heterocycles. The van der Waals surface area contributed by atoms with Gasteiger partial charge in [-0.25, -0.2) is 0 Å². The van der Waals surface area contributed by atoms with Crippen LogP contribution in [0.25, 0.3) is 0 Å². The van der Waals surface area contributed by atoms with Crippen LogP contribution in [0.3, 0.4) is 0 Å². The first-order valence-electron chi connectivity index (χ1n) is 9.37. The first-order chi connectivity index (χ1) is 14.5. The first kappa shape index (κ1) is 19.5. The molecule has 30 heavy (non-hydrogen) atoms. The van der Waals surface area contributed by atoms with Crippen molar-refractivity contribution in [3.63, 3.8) is 0 Å². The third-order valence-electron chi connectivity index (χ3n) is 4.93. The van der Waals surface area contributed by atoms with E-state index in [1.807, 2.05) is 24.3 Å². The van der Waals surface area contributed by atoms with E-state index >= 15 is 0 Å². The van der Waals surface area contributed by atoms with Crippen LogP contribution in [-0.4, -0.2) is 21.6 Å². The quantitative estimate of drug-likeness (QED) is 0.337. The number of non-ortho nitro benzene ring substituents is 1. The van der Waals surface area contributed by atoms with Gasteiger partial charge >= 0.3 is 0 Å². The lowest BCUT2D eigenvalue weighted by molar-refractivity contribution is -0.384. The Labute approximate surface area is 172 Å². The van der Waals surface area contributed by atoms with Crippen molar-refractivity contribution in [2.24, 2.45) is 0 Å². The van der Waals surface area contributed by atoms with Crippen LogP contribution < -0.4 is 0 Å². The van der Waals surface area contributed by atoms with Crippen molar-refractivity contribution in [1.29, 1.82) is 0 Å². The predicted octanol–water partition coefficient (Wildman–Crippen LogP) is 4.11. The molecule has 0 atom stereocenters. The molecule has 0 aliphatic carbocycles. The molecular formula is C23H18N2O5. The van der Waals surface area contributed by atoms with Gasteiger partial charge < -0.3 is 4.74 Å². The Morgan fingerprint density at radius 1 is 0.733 bits per heavy atom. The van der Waals surface area contributed by atoms with Crippen molar-refractivity contribution < 1.29 is 19.2 Å². The van der Waals surface area contributed by atoms with Crippen molar-refractivity contribution in [1.82, 2.24) is 4.90 Å². The molecule has 1 aliphatic heterocycles. The summed E-state index contributed by atoms with van der Waals surface area (Å²) in [6.45, 7) is 0.940. The number of nitro groups is 1. The van der Waals surface area contributed by atoms with E-state index in [1.54, 1.807) is 36.4 Å². The number of carbonyl (C=O) groups excluding carboxylic acids is 2. The third-order valence-corrected chi connectivity index (χ3v) is 4.93. The molecule has 0 saturated heterocycles. The minimum absolute atomic E-state index is 0.0485. The van der Waals surface area contributed by atoms with E-state index in [9.17, 15) is 19.7 Å². The lowest BCUT2D eigenvalue weighted by Crippen LogP contribution is -2.29. The Morgan fingerprint density at radius 3 is 1.70 bits per heavy atom. The lowest BCUT2D eigenvalue weighted by Gasteiger charge is -2.14. The van der Waals surface area contributed by atoms with Crippen LogP contribution in [-0.2, 0) is 24.5 Å². The van der Waals surface area contributed by atoms with Crippen molar-refractivity contribution in [2.75, 3.05) is 0 Å². The van der Waals surface area contributed by atoms with Crippen LogP contribution in [0.5, 0.6) is 0 Å². The molecule has 3 aromatic carbocycles. The van der Waals surface area contributed by atoms with E-state index in [-0.39, 0.29) is 24.0 Å². The number of fused-ring (bicyclic) bond motifs is 1. The first-order valence-corrected chi connectivity index (χ1v) is 9.37. The van der Waals surface area contributed by atoms with Crippen LogP contribution in [0.15, 0.2) is 72.8 Å². The Hall–Kier alpha value is -3.84. The van der Waals surface area contributed by atoms with Crippen molar-refractivity contribution in [3.8, 4) is 0 Å². The average molecular weight is 402 g/mol. The molecule has 0 fully saturated rings. The van der Waals surface area contributed by atoms with Gasteiger partial charge in [0.15, 0.2) is 0 Å². The van der Waals surface area contributed by atoms with Gasteiger partial charge in [0.1, 0.15) is 0 Å². The zero-order chi connectivity index (χ0) is 21.1. The van der Waals surface area contributed by atoms with Crippen LogP contribution in [0.1, 0.15) is 37.4 Å². The van der Waals surface area contributed by atoms with Gasteiger partial charge in [-0.3, -0.25) is 24.6 Å². The normalized spacial score (nSPS) is 12.9. The fraction of sp³-hybridized carbons (Fsp3) is 0.130. The van der Waals surface area contributed by atoms with Crippen LogP contribution in [0.4, 0.5) is 5.69 Å². The van der Waals surface area contributed by atoms with Gasteiger partial charge in [0.05, 0.1) is 35.8 Å². The van der Waals surface area contributed by atoms with Crippen LogP contribution in [0.2, 0.25) is 0 Å². The summed E-state index contributed by atoms with van der Waals surface area (Å²) in [5.41, 5.74) is 3.58. The van der Waals surface area contributed by atoms with Crippen molar-refractivity contribution >= 4 is 17.5 Å². The fourth-order valence-corrected chi connectivity index (χ4v) is 3.31. The molecule has 7 nitrogen and oxygen atoms in total. The fourth-order valence-electron chi connectivity index (χ4n) is 3.31. The Morgan fingerprint density at radius 2 is 1.20 bits per heavy atom. The largest absolute Gasteiger partial charge is 0.372 e. The van der Waals surface area contributed by atoms with E-state index in [1.165, 1.54) is 17.0 Å². The minimum Gasteiger partial charge on any atom is -0.372 e. The van der Waals surface area contributed by atoms with Gasteiger partial charge in [-0.05, 0) is 41.0 Å². The lowest BCUT2D eigenvalue weighted by atomic mass is 10.1. The Bertz CT molecular complexity index is 1070. The summed E-state index contributed by atoms with van der Waals surface area (Å²) < 4.78 is 5.67. The van der Waals surface area contributed by atoms with Gasteiger partial charge in [-0.2, -0.15) is 0 Å². The summed E-state index contributed by atoms with van der Waals surface area (Å²) in [6.07, 6.45) is 0. The molecule has 0 N–H and O–H groups in total. The van der Waals surface area contributed by atoms with E-state index in [0.29, 0.717) is 24.3 Å². The van der Waals surface area contributed by atoms with Gasteiger partial charge in [0.2, 0.25) is 0 Å². The number of imide groups is 1. The zero-order valence-electron chi connectivity index (χ0n) is 16.0. The Kier molecular flexibility index (Phi) is 5.36. The molecule has 4 rings (SSSR count). The maximum atomic E-state index is 12.5. The number of benzene rings is 3. The topological polar surface area (TPSA) is 89.8 Å². The van der Waals surface area contributed by atoms with E-state index < -0.39 is 4.92 Å². The van der Waals surface area contributed by atoms with E-state index in [0.717, 1.165) is 16.7 Å². The van der Waals surface area contributed by atoms with E-state index in [4.69, 9.17) is 4.74 Å². The molecule has 1 heterocycles. The highest BCUT2D eigenvalue weighted by Gasteiger charge is 2.34. The summed E-state index contributed by atoms with van der Waals surface area (Å²) in [7, 11) is 0. The average Bonchev–Trinajstić information content (AvgIpc) is 3.00. The highest BCUT2D eigenvalue weighted by Crippen LogP contribution is 2.24. The highest BCUT2D eigenvalue weighted by molar-refractivity contribution is 6.21. The van der Waals surface area contributed by atoms with Gasteiger partial charge in [-0.1, -0.05) is 36.4 Å². The second-order valence-corrected chi connectivity index (χ2v) is 6.97. The molecule has 0 bridgehead atoms. The number of nitrogens with zero attached hydrogens (tertiary/aromatic N) is 2. The number of amides is 2. The zero-order valence-corrected chi connectivity index (χ0v) is 16.0. The van der Waals surface area contributed by atoms with E-state index in [2.05, 4.69) is 0 Å². The predicted molar refractivity (Wildman–Crippen MR) is 109 cm³/mol. The number of hydrogen-bond acceptors (Lipinski definition) is 5. The van der Waals surface area contributed by atoms with Crippen LogP contribution in [0, 0.1) is 10.1 Å². The van der Waals surface area contributed by atoms with Gasteiger partial charge in [0, 0.05) is 12.1 Å². The molecule has 1 aliphatic rings. The number of ether oxygens (including phenoxy) is 1. The SMILES string of the molecule is O=C1c2ccccc2C(=O)N1Cc1ccc(COCc2ccc([N+](=O)[O-])cc2)cc1. The number of rotatable bonds is 7. The highest BCUT2D eigenvalue weighted by atomic mass is 16.6. The Balaban J connectivity index is 1.32. The maximum Gasteiger partial charge on any atom is 0.269 e. The summed E-state index contributed by atoms with van der Waals surface area (Å²) in [4.78, 5) is 36.4. The summed E-state index contributed by atoms with van der Waals surface area (Å²) in [6, 6.07) is 20.6. The number of nitro benzene ring substituents is 1. The maximum absolute atomic E-state index is 12.5. The summed E-state index contributed by atoms with van der Waals surface area (Å²) >= 11 is 0. The smallest absolute Gasteiger partial charge is 0.269 e. The molecular weight excluding hydrogens is 384 g/mol. The molecule has 0 radical (unpaired) electrons. The monoisotopic (exact) mass is 402 g/mol. The van der Waals surface area contributed by atoms with Gasteiger partial charge in [-0.15, -0.1) is 0 Å².